The molecule has 0 aromatic heterocycles. The number of hydrogen-bond acceptors (Lipinski definition) is 3. The molecular formula is C14H25N3O4. The summed E-state index contributed by atoms with van der Waals surface area (Å²) in [5.41, 5.74) is 3.25. The first-order chi connectivity index (χ1) is 9.49. The highest BCUT2D eigenvalue weighted by Crippen LogP contribution is 2.31. The summed E-state index contributed by atoms with van der Waals surface area (Å²) in [6, 6.07) is -0.308. The van der Waals surface area contributed by atoms with E-state index >= 15 is 0 Å². The van der Waals surface area contributed by atoms with E-state index in [2.05, 4.69) is 5.32 Å². The number of aliphatic carboxylic acids is 1. The van der Waals surface area contributed by atoms with Crippen molar-refractivity contribution in [1.82, 2.24) is 10.2 Å². The summed E-state index contributed by atoms with van der Waals surface area (Å²) in [5.74, 6) is -1.49. The zero-order valence-electron chi connectivity index (χ0n) is 13.1. The van der Waals surface area contributed by atoms with Gasteiger partial charge in [0.2, 0.25) is 5.91 Å². The molecule has 0 aromatic rings. The third kappa shape index (κ3) is 3.65. The fraction of sp³-hybridized carbons (Fsp3) is 0.786. The molecule has 1 aliphatic rings. The molecule has 1 aliphatic heterocycles. The van der Waals surface area contributed by atoms with Crippen molar-refractivity contribution in [2.75, 3.05) is 13.1 Å². The van der Waals surface area contributed by atoms with Gasteiger partial charge in [-0.2, -0.15) is 0 Å². The standard InChI is InChI=1S/C14H25N3O4/c1-13(2,11(19)20)14(3,4)16-12(21)17-7-5-9(6-8-17)10(15)18/h9H,5-8H2,1-4H3,(H2,15,18)(H,16,21)(H,19,20). The Morgan fingerprint density at radius 1 is 1.14 bits per heavy atom. The van der Waals surface area contributed by atoms with Crippen molar-refractivity contribution in [3.63, 3.8) is 0 Å². The van der Waals surface area contributed by atoms with Crippen molar-refractivity contribution in [3.05, 3.63) is 0 Å². The molecule has 0 aromatic carbocycles. The number of hydrogen-bond donors (Lipinski definition) is 3. The van der Waals surface area contributed by atoms with Crippen LogP contribution in [0.3, 0.4) is 0 Å². The molecule has 0 saturated carbocycles. The van der Waals surface area contributed by atoms with Crippen LogP contribution in [0.4, 0.5) is 4.79 Å². The Morgan fingerprint density at radius 2 is 1.62 bits per heavy atom. The van der Waals surface area contributed by atoms with Gasteiger partial charge < -0.3 is 21.1 Å². The molecule has 1 saturated heterocycles. The molecule has 21 heavy (non-hydrogen) atoms. The van der Waals surface area contributed by atoms with E-state index in [1.807, 2.05) is 0 Å². The lowest BCUT2D eigenvalue weighted by Crippen LogP contribution is -2.60. The van der Waals surface area contributed by atoms with Gasteiger partial charge in [-0.15, -0.1) is 0 Å². The minimum Gasteiger partial charge on any atom is -0.481 e. The van der Waals surface area contributed by atoms with Gasteiger partial charge in [0, 0.05) is 19.0 Å². The van der Waals surface area contributed by atoms with Gasteiger partial charge in [-0.25, -0.2) is 4.79 Å². The molecule has 0 bridgehead atoms. The van der Waals surface area contributed by atoms with Crippen LogP contribution in [0.25, 0.3) is 0 Å². The molecule has 7 nitrogen and oxygen atoms in total. The first-order valence-corrected chi connectivity index (χ1v) is 7.09. The van der Waals surface area contributed by atoms with Crippen LogP contribution in [0.2, 0.25) is 0 Å². The third-order valence-electron chi connectivity index (χ3n) is 4.70. The smallest absolute Gasteiger partial charge is 0.317 e. The lowest BCUT2D eigenvalue weighted by molar-refractivity contribution is -0.150. The van der Waals surface area contributed by atoms with E-state index in [0.29, 0.717) is 25.9 Å². The summed E-state index contributed by atoms with van der Waals surface area (Å²) in [6.45, 7) is 7.43. The zero-order chi connectivity index (χ0) is 16.4. The molecule has 1 rings (SSSR count). The molecule has 1 fully saturated rings. The Hall–Kier alpha value is -1.79. The molecule has 7 heteroatoms. The van der Waals surface area contributed by atoms with Gasteiger partial charge in [0.15, 0.2) is 0 Å². The molecule has 0 radical (unpaired) electrons. The number of piperidine rings is 1. The quantitative estimate of drug-likeness (QED) is 0.712. The predicted molar refractivity (Wildman–Crippen MR) is 77.5 cm³/mol. The van der Waals surface area contributed by atoms with Crippen LogP contribution in [0, 0.1) is 11.3 Å². The Morgan fingerprint density at radius 3 is 2.00 bits per heavy atom. The topological polar surface area (TPSA) is 113 Å². The van der Waals surface area contributed by atoms with Crippen LogP contribution < -0.4 is 11.1 Å². The molecule has 120 valence electrons. The van der Waals surface area contributed by atoms with Gasteiger partial charge >= 0.3 is 12.0 Å². The molecular weight excluding hydrogens is 274 g/mol. The average Bonchev–Trinajstić information content (AvgIpc) is 2.37. The highest BCUT2D eigenvalue weighted by atomic mass is 16.4. The largest absolute Gasteiger partial charge is 0.481 e. The first kappa shape index (κ1) is 17.3. The van der Waals surface area contributed by atoms with Crippen molar-refractivity contribution in [2.24, 2.45) is 17.1 Å². The Bertz CT molecular complexity index is 438. The number of nitrogens with two attached hydrogens (primary N) is 1. The lowest BCUT2D eigenvalue weighted by atomic mass is 9.74. The number of carboxylic acid groups (broad SMARTS) is 1. The Kier molecular flexibility index (Phi) is 4.86. The first-order valence-electron chi connectivity index (χ1n) is 7.09. The van der Waals surface area contributed by atoms with E-state index in [0.717, 1.165) is 0 Å². The van der Waals surface area contributed by atoms with Crippen LogP contribution in [-0.2, 0) is 9.59 Å². The highest BCUT2D eigenvalue weighted by molar-refractivity contribution is 5.80. The van der Waals surface area contributed by atoms with Crippen molar-refractivity contribution >= 4 is 17.9 Å². The molecule has 1 heterocycles. The number of nitrogens with one attached hydrogen (secondary N) is 1. The maximum absolute atomic E-state index is 12.3. The number of likely N-dealkylation sites (tertiary alicyclic amines) is 1. The van der Waals surface area contributed by atoms with Gasteiger partial charge in [-0.3, -0.25) is 9.59 Å². The normalized spacial score (nSPS) is 17.4. The second-order valence-electron chi connectivity index (χ2n) is 6.65. The third-order valence-corrected chi connectivity index (χ3v) is 4.70. The number of amides is 3. The van der Waals surface area contributed by atoms with E-state index < -0.39 is 16.9 Å². The maximum Gasteiger partial charge on any atom is 0.317 e. The van der Waals surface area contributed by atoms with Gasteiger partial charge in [0.1, 0.15) is 0 Å². The summed E-state index contributed by atoms with van der Waals surface area (Å²) in [6.07, 6.45) is 1.09. The summed E-state index contributed by atoms with van der Waals surface area (Å²) in [7, 11) is 0. The van der Waals surface area contributed by atoms with Crippen LogP contribution in [-0.4, -0.2) is 46.5 Å². The van der Waals surface area contributed by atoms with Crippen molar-refractivity contribution in [3.8, 4) is 0 Å². The summed E-state index contributed by atoms with van der Waals surface area (Å²) < 4.78 is 0. The molecule has 0 spiro atoms. The summed E-state index contributed by atoms with van der Waals surface area (Å²) in [5, 5.41) is 12.1. The molecule has 0 atom stereocenters. The van der Waals surface area contributed by atoms with E-state index in [1.54, 1.807) is 32.6 Å². The Balaban J connectivity index is 2.66. The highest BCUT2D eigenvalue weighted by Gasteiger charge is 2.45. The van der Waals surface area contributed by atoms with Gasteiger partial charge in [-0.05, 0) is 40.5 Å². The fourth-order valence-electron chi connectivity index (χ4n) is 2.14. The number of carboxylic acids is 1. The number of urea groups is 1. The number of primary amides is 1. The monoisotopic (exact) mass is 299 g/mol. The second kappa shape index (κ2) is 5.91. The SMILES string of the molecule is CC(C)(NC(=O)N1CCC(C(N)=O)CC1)C(C)(C)C(=O)O. The van der Waals surface area contributed by atoms with Crippen LogP contribution >= 0.6 is 0 Å². The van der Waals surface area contributed by atoms with Gasteiger partial charge in [0.05, 0.1) is 11.0 Å². The van der Waals surface area contributed by atoms with Crippen LogP contribution in [0.5, 0.6) is 0 Å². The number of carbonyl (C=O) groups excluding carboxylic acids is 2. The lowest BCUT2D eigenvalue weighted by Gasteiger charge is -2.41. The van der Waals surface area contributed by atoms with E-state index in [4.69, 9.17) is 5.73 Å². The van der Waals surface area contributed by atoms with Crippen molar-refractivity contribution in [2.45, 2.75) is 46.1 Å². The van der Waals surface area contributed by atoms with E-state index in [-0.39, 0.29) is 17.9 Å². The average molecular weight is 299 g/mol. The van der Waals surface area contributed by atoms with Gasteiger partial charge in [-0.1, -0.05) is 0 Å². The molecule has 0 aliphatic carbocycles. The van der Waals surface area contributed by atoms with Crippen molar-refractivity contribution < 1.29 is 19.5 Å². The molecule has 4 N–H and O–H groups in total. The number of rotatable bonds is 4. The molecule has 3 amide bonds. The number of carbonyl (C=O) groups is 3. The van der Waals surface area contributed by atoms with Crippen molar-refractivity contribution in [1.29, 1.82) is 0 Å². The second-order valence-corrected chi connectivity index (χ2v) is 6.65. The minimum absolute atomic E-state index is 0.183. The fourth-order valence-corrected chi connectivity index (χ4v) is 2.14. The van der Waals surface area contributed by atoms with E-state index in [9.17, 15) is 19.5 Å². The van der Waals surface area contributed by atoms with E-state index in [1.165, 1.54) is 0 Å². The van der Waals surface area contributed by atoms with Gasteiger partial charge in [0.25, 0.3) is 0 Å². The summed E-state index contributed by atoms with van der Waals surface area (Å²) >= 11 is 0. The maximum atomic E-state index is 12.3. The minimum atomic E-state index is -1.10. The van der Waals surface area contributed by atoms with Crippen LogP contribution in [0.15, 0.2) is 0 Å². The Labute approximate surface area is 124 Å². The number of nitrogens with zero attached hydrogens (tertiary/aromatic N) is 1. The zero-order valence-corrected chi connectivity index (χ0v) is 13.1. The molecule has 0 unspecified atom stereocenters. The predicted octanol–water partition coefficient (Wildman–Crippen LogP) is 0.783. The summed E-state index contributed by atoms with van der Waals surface area (Å²) in [4.78, 5) is 36.3. The van der Waals surface area contributed by atoms with Crippen LogP contribution in [0.1, 0.15) is 40.5 Å².